The van der Waals surface area contributed by atoms with E-state index >= 15 is 9.59 Å². The number of nitrogens with one attached hydrogen (secondary N) is 1. The van der Waals surface area contributed by atoms with Gasteiger partial charge in [0, 0.05) is 25.6 Å². The van der Waals surface area contributed by atoms with Crippen molar-refractivity contribution in [3.8, 4) is 0 Å². The number of nitrogens with zero attached hydrogens (tertiary/aromatic N) is 2. The second-order valence-corrected chi connectivity index (χ2v) is 16.9. The van der Waals surface area contributed by atoms with Crippen LogP contribution in [0.1, 0.15) is 90.0 Å². The Morgan fingerprint density at radius 1 is 1.04 bits per heavy atom. The summed E-state index contributed by atoms with van der Waals surface area (Å²) in [5.41, 5.74) is -0.846. The highest BCUT2D eigenvalue weighted by atomic mass is 16.6. The van der Waals surface area contributed by atoms with Crippen molar-refractivity contribution in [2.24, 2.45) is 17.3 Å². The third-order valence-corrected chi connectivity index (χ3v) is 11.2. The Balaban J connectivity index is 1.58. The highest BCUT2D eigenvalue weighted by Crippen LogP contribution is 2.60. The Morgan fingerprint density at radius 2 is 1.67 bits per heavy atom. The van der Waals surface area contributed by atoms with Gasteiger partial charge in [-0.15, -0.1) is 13.2 Å². The van der Waals surface area contributed by atoms with Gasteiger partial charge in [-0.2, -0.15) is 0 Å². The van der Waals surface area contributed by atoms with Crippen molar-refractivity contribution >= 4 is 23.7 Å². The number of allylic oxidation sites excluding steroid dienone is 1. The van der Waals surface area contributed by atoms with Crippen LogP contribution in [0.3, 0.4) is 0 Å². The lowest BCUT2D eigenvalue weighted by Gasteiger charge is -2.46. The Bertz CT molecular complexity index is 1690. The number of methoxy groups -OCH3 is 1. The van der Waals surface area contributed by atoms with E-state index in [0.717, 1.165) is 0 Å². The lowest BCUT2D eigenvalue weighted by atomic mass is 9.70. The third-order valence-electron chi connectivity index (χ3n) is 11.2. The zero-order valence-electron chi connectivity index (χ0n) is 33.2. The smallest absolute Gasteiger partial charge is 0.313 e. The van der Waals surface area contributed by atoms with E-state index in [-0.39, 0.29) is 36.8 Å². The molecule has 298 valence electrons. The van der Waals surface area contributed by atoms with E-state index in [0.29, 0.717) is 36.8 Å². The molecule has 11 nitrogen and oxygen atoms in total. The van der Waals surface area contributed by atoms with Crippen molar-refractivity contribution in [1.29, 1.82) is 0 Å². The van der Waals surface area contributed by atoms with Gasteiger partial charge in [-0.25, -0.2) is 0 Å². The van der Waals surface area contributed by atoms with Crippen molar-refractivity contribution in [2.75, 3.05) is 26.9 Å². The number of aliphatic hydroxyl groups excluding tert-OH is 1. The number of hydrogen-bond donors (Lipinski definition) is 2. The molecule has 0 aromatic heterocycles. The minimum absolute atomic E-state index is 0.0483. The molecule has 3 saturated heterocycles. The Hall–Kier alpha value is -4.32. The first-order valence-electron chi connectivity index (χ1n) is 19.4. The Kier molecular flexibility index (Phi) is 13.1. The summed E-state index contributed by atoms with van der Waals surface area (Å²) in [6, 6.07) is 15.5. The SMILES string of the molecule is C=CCCC(=O)N[C@H](COC)[C@H](OC(=O)[C@@H]1[C@H]2C(=O)N([C@H](CO)c3ccccc3)[C@H](C(=O)N(CC=C)C(C)(C)CC(C)(C)C)[C@]23CC[C@H]1O3)c1ccccc1. The van der Waals surface area contributed by atoms with Gasteiger partial charge in [-0.3, -0.25) is 19.2 Å². The minimum Gasteiger partial charge on any atom is -0.455 e. The first-order chi connectivity index (χ1) is 26.1. The van der Waals surface area contributed by atoms with E-state index in [4.69, 9.17) is 14.2 Å². The van der Waals surface area contributed by atoms with Crippen LogP contribution in [-0.2, 0) is 33.4 Å². The number of rotatable bonds is 18. The van der Waals surface area contributed by atoms with E-state index in [2.05, 4.69) is 39.2 Å². The summed E-state index contributed by atoms with van der Waals surface area (Å²) in [7, 11) is 1.51. The summed E-state index contributed by atoms with van der Waals surface area (Å²) >= 11 is 0. The number of carbonyl (C=O) groups excluding carboxylic acids is 4. The fourth-order valence-electron chi connectivity index (χ4n) is 9.43. The molecule has 2 aromatic carbocycles. The Morgan fingerprint density at radius 3 is 2.24 bits per heavy atom. The second kappa shape index (κ2) is 17.2. The van der Waals surface area contributed by atoms with E-state index in [1.165, 1.54) is 12.0 Å². The average molecular weight is 758 g/mol. The van der Waals surface area contributed by atoms with Gasteiger partial charge in [0.25, 0.3) is 0 Å². The van der Waals surface area contributed by atoms with E-state index < -0.39 is 71.8 Å². The lowest BCUT2D eigenvalue weighted by molar-refractivity contribution is -0.164. The van der Waals surface area contributed by atoms with Crippen LogP contribution < -0.4 is 5.32 Å². The van der Waals surface area contributed by atoms with E-state index in [1.807, 2.05) is 74.5 Å². The molecular formula is C44H59N3O8. The highest BCUT2D eigenvalue weighted by molar-refractivity contribution is 5.98. The molecule has 11 heteroatoms. The first-order valence-corrected chi connectivity index (χ1v) is 19.4. The van der Waals surface area contributed by atoms with E-state index in [9.17, 15) is 14.7 Å². The van der Waals surface area contributed by atoms with E-state index in [1.54, 1.807) is 17.1 Å². The van der Waals surface area contributed by atoms with Crippen molar-refractivity contribution in [1.82, 2.24) is 15.1 Å². The van der Waals surface area contributed by atoms with Gasteiger partial charge < -0.3 is 34.4 Å². The summed E-state index contributed by atoms with van der Waals surface area (Å²) in [4.78, 5) is 61.4. The van der Waals surface area contributed by atoms with Gasteiger partial charge in [-0.1, -0.05) is 93.6 Å². The zero-order valence-corrected chi connectivity index (χ0v) is 33.2. The largest absolute Gasteiger partial charge is 0.455 e. The quantitative estimate of drug-likeness (QED) is 0.146. The van der Waals surface area contributed by atoms with Crippen LogP contribution in [0.2, 0.25) is 0 Å². The number of carbonyl (C=O) groups is 4. The van der Waals surface area contributed by atoms with Crippen LogP contribution in [0.4, 0.5) is 0 Å². The predicted molar refractivity (Wildman–Crippen MR) is 209 cm³/mol. The molecule has 55 heavy (non-hydrogen) atoms. The van der Waals surface area contributed by atoms with Gasteiger partial charge in [0.1, 0.15) is 17.7 Å². The first kappa shape index (κ1) is 41.8. The summed E-state index contributed by atoms with van der Waals surface area (Å²) in [5.74, 6) is -3.78. The van der Waals surface area contributed by atoms with Crippen LogP contribution >= 0.6 is 0 Å². The fourth-order valence-corrected chi connectivity index (χ4v) is 9.43. The van der Waals surface area contributed by atoms with Gasteiger partial charge >= 0.3 is 5.97 Å². The number of amides is 3. The average Bonchev–Trinajstić information content (AvgIpc) is 3.79. The van der Waals surface area contributed by atoms with Crippen molar-refractivity contribution in [2.45, 2.75) is 108 Å². The molecule has 1 spiro atoms. The van der Waals surface area contributed by atoms with Crippen LogP contribution in [0.15, 0.2) is 86.0 Å². The number of aliphatic hydroxyl groups is 1. The molecule has 3 fully saturated rings. The molecule has 0 radical (unpaired) electrons. The third kappa shape index (κ3) is 8.59. The molecule has 2 bridgehead atoms. The second-order valence-electron chi connectivity index (χ2n) is 16.9. The monoisotopic (exact) mass is 757 g/mol. The summed E-state index contributed by atoms with van der Waals surface area (Å²) < 4.78 is 18.7. The highest BCUT2D eigenvalue weighted by Gasteiger charge is 2.76. The van der Waals surface area contributed by atoms with Crippen molar-refractivity contribution in [3.05, 3.63) is 97.1 Å². The van der Waals surface area contributed by atoms with Gasteiger partial charge in [0.05, 0.1) is 43.2 Å². The molecule has 2 N–H and O–H groups in total. The maximum atomic E-state index is 15.3. The maximum Gasteiger partial charge on any atom is 0.313 e. The van der Waals surface area contributed by atoms with Gasteiger partial charge in [-0.05, 0) is 56.1 Å². The molecule has 8 atom stereocenters. The summed E-state index contributed by atoms with van der Waals surface area (Å²) in [6.45, 7) is 17.9. The molecule has 0 unspecified atom stereocenters. The van der Waals surface area contributed by atoms with Gasteiger partial charge in [0.2, 0.25) is 17.7 Å². The molecule has 2 aromatic rings. The van der Waals surface area contributed by atoms with Crippen molar-refractivity contribution in [3.63, 3.8) is 0 Å². The maximum absolute atomic E-state index is 15.3. The molecule has 5 rings (SSSR count). The predicted octanol–water partition coefficient (Wildman–Crippen LogP) is 5.71. The molecule has 3 heterocycles. The standard InChI is InChI=1S/C44H59N3O8/c1-9-11-22-34(49)45-31(27-53-8)37(30-20-16-13-17-21-30)54-41(52)35-33-23-24-44(55-33)36(35)39(50)47(32(26-48)29-18-14-12-15-19-29)38(44)40(51)46(25-10-2)43(6,7)28-42(3,4)5/h9-10,12-21,31-33,35-38,48H,1-2,11,22-28H2,3-8H3,(H,45,49)/t31-,32-,33-,35+,36+,37-,38-,44+/m1/s1. The number of fused-ring (bicyclic) bond motifs is 1. The van der Waals surface area contributed by atoms with Crippen LogP contribution in [0.5, 0.6) is 0 Å². The number of ether oxygens (including phenoxy) is 3. The molecule has 0 aliphatic carbocycles. The Labute approximate surface area is 326 Å². The molecular weight excluding hydrogens is 698 g/mol. The summed E-state index contributed by atoms with van der Waals surface area (Å²) in [6.07, 6.45) is 3.83. The summed E-state index contributed by atoms with van der Waals surface area (Å²) in [5, 5.41) is 14.0. The minimum atomic E-state index is -1.35. The lowest BCUT2D eigenvalue weighted by Crippen LogP contribution is -2.61. The molecule has 3 aliphatic rings. The zero-order chi connectivity index (χ0) is 40.1. The normalized spacial score (nSPS) is 24.8. The van der Waals surface area contributed by atoms with Gasteiger partial charge in [0.15, 0.2) is 0 Å². The fraction of sp³-hybridized carbons (Fsp3) is 0.545. The van der Waals surface area contributed by atoms with Crippen LogP contribution in [0, 0.1) is 17.3 Å². The number of benzene rings is 2. The number of esters is 1. The van der Waals surface area contributed by atoms with Crippen LogP contribution in [0.25, 0.3) is 0 Å². The number of hydrogen-bond acceptors (Lipinski definition) is 8. The molecule has 3 amide bonds. The molecule has 0 saturated carbocycles. The number of likely N-dealkylation sites (tertiary alicyclic amines) is 1. The van der Waals surface area contributed by atoms with Crippen molar-refractivity contribution < 1.29 is 38.5 Å². The molecule has 3 aliphatic heterocycles. The topological polar surface area (TPSA) is 135 Å². The van der Waals surface area contributed by atoms with Crippen LogP contribution in [-0.4, -0.2) is 94.8 Å².